The molecule has 0 saturated carbocycles. The number of nitrogens with zero attached hydrogens (tertiary/aromatic N) is 2. The summed E-state index contributed by atoms with van der Waals surface area (Å²) in [5.41, 5.74) is 4.23. The van der Waals surface area contributed by atoms with Gasteiger partial charge in [-0.3, -0.25) is 0 Å². The zero-order chi connectivity index (χ0) is 30.7. The SMILES string of the molecule is CCCCc1ccc(NC(=O)N(CCN(CCCC)CCCC)CC2=CC(OCc3ccccc3)=C(OC)CC=C2)cc1. The van der Waals surface area contributed by atoms with E-state index in [1.165, 1.54) is 44.1 Å². The van der Waals surface area contributed by atoms with Crippen molar-refractivity contribution in [1.82, 2.24) is 9.80 Å². The van der Waals surface area contributed by atoms with Gasteiger partial charge in [0.15, 0.2) is 5.76 Å². The highest BCUT2D eigenvalue weighted by molar-refractivity contribution is 5.89. The summed E-state index contributed by atoms with van der Waals surface area (Å²) in [6, 6.07) is 18.3. The molecule has 6 nitrogen and oxygen atoms in total. The predicted molar refractivity (Wildman–Crippen MR) is 179 cm³/mol. The average Bonchev–Trinajstić information content (AvgIpc) is 3.24. The van der Waals surface area contributed by atoms with Crippen molar-refractivity contribution < 1.29 is 14.3 Å². The zero-order valence-corrected chi connectivity index (χ0v) is 26.9. The van der Waals surface area contributed by atoms with E-state index in [-0.39, 0.29) is 6.03 Å². The predicted octanol–water partition coefficient (Wildman–Crippen LogP) is 8.73. The minimum Gasteiger partial charge on any atom is -0.497 e. The largest absolute Gasteiger partial charge is 0.497 e. The number of benzene rings is 2. The summed E-state index contributed by atoms with van der Waals surface area (Å²) in [6.45, 7) is 11.2. The standard InChI is InChI=1S/C37H53N3O3/c1-5-8-15-31-20-22-34(23-21-31)38-37(41)40(27-26-39(24-9-6-2)25-10-7-3)29-33-18-14-19-35(42-4)36(28-33)43-30-32-16-12-11-13-17-32/h11-14,16-18,20-23,28H,5-10,15,19,24-27,29-30H2,1-4H3,(H,38,41). The Kier molecular flexibility index (Phi) is 15.5. The Morgan fingerprint density at radius 1 is 0.837 bits per heavy atom. The lowest BCUT2D eigenvalue weighted by Crippen LogP contribution is -2.42. The van der Waals surface area contributed by atoms with Crippen molar-refractivity contribution in [3.05, 3.63) is 101 Å². The molecule has 0 bridgehead atoms. The van der Waals surface area contributed by atoms with Gasteiger partial charge in [-0.25, -0.2) is 4.79 Å². The van der Waals surface area contributed by atoms with E-state index in [9.17, 15) is 4.79 Å². The molecule has 0 fully saturated rings. The topological polar surface area (TPSA) is 54.0 Å². The lowest BCUT2D eigenvalue weighted by molar-refractivity contribution is 0.174. The highest BCUT2D eigenvalue weighted by Gasteiger charge is 2.19. The van der Waals surface area contributed by atoms with Crippen LogP contribution < -0.4 is 5.32 Å². The Bertz CT molecular complexity index is 1160. The highest BCUT2D eigenvalue weighted by Crippen LogP contribution is 2.22. The van der Waals surface area contributed by atoms with Crippen LogP contribution in [-0.4, -0.2) is 55.7 Å². The van der Waals surface area contributed by atoms with Crippen LogP contribution in [-0.2, 0) is 22.5 Å². The van der Waals surface area contributed by atoms with Crippen LogP contribution in [0, 0.1) is 0 Å². The number of carbonyl (C=O) groups is 1. The van der Waals surface area contributed by atoms with Crippen molar-refractivity contribution in [2.24, 2.45) is 0 Å². The molecule has 3 rings (SSSR count). The minimum atomic E-state index is -0.0894. The molecule has 0 atom stereocenters. The summed E-state index contributed by atoms with van der Waals surface area (Å²) in [5, 5.41) is 3.17. The second-order valence-electron chi connectivity index (χ2n) is 11.3. The molecule has 1 aliphatic rings. The summed E-state index contributed by atoms with van der Waals surface area (Å²) in [7, 11) is 1.68. The number of rotatable bonds is 19. The van der Waals surface area contributed by atoms with Crippen molar-refractivity contribution in [1.29, 1.82) is 0 Å². The lowest BCUT2D eigenvalue weighted by Gasteiger charge is -2.28. The molecule has 1 N–H and O–H groups in total. The summed E-state index contributed by atoms with van der Waals surface area (Å²) >= 11 is 0. The number of hydrogen-bond acceptors (Lipinski definition) is 4. The maximum absolute atomic E-state index is 13.8. The van der Waals surface area contributed by atoms with Crippen molar-refractivity contribution in [2.45, 2.75) is 78.7 Å². The molecule has 0 aromatic heterocycles. The number of urea groups is 1. The third-order valence-corrected chi connectivity index (χ3v) is 7.74. The summed E-state index contributed by atoms with van der Waals surface area (Å²) < 4.78 is 12.0. The van der Waals surface area contributed by atoms with E-state index in [4.69, 9.17) is 9.47 Å². The van der Waals surface area contributed by atoms with Crippen molar-refractivity contribution in [3.63, 3.8) is 0 Å². The number of aryl methyl sites for hydroxylation is 1. The fourth-order valence-electron chi connectivity index (χ4n) is 5.03. The van der Waals surface area contributed by atoms with Crippen LogP contribution in [0.25, 0.3) is 0 Å². The van der Waals surface area contributed by atoms with E-state index in [1.807, 2.05) is 41.3 Å². The molecule has 0 aliphatic heterocycles. The van der Waals surface area contributed by atoms with Gasteiger partial charge in [-0.15, -0.1) is 0 Å². The van der Waals surface area contributed by atoms with Gasteiger partial charge in [0, 0.05) is 31.7 Å². The zero-order valence-electron chi connectivity index (χ0n) is 26.9. The van der Waals surface area contributed by atoms with E-state index < -0.39 is 0 Å². The summed E-state index contributed by atoms with van der Waals surface area (Å²) in [4.78, 5) is 18.2. The van der Waals surface area contributed by atoms with Crippen molar-refractivity contribution in [2.75, 3.05) is 45.2 Å². The number of anilines is 1. The molecule has 43 heavy (non-hydrogen) atoms. The Labute approximate surface area is 260 Å². The van der Waals surface area contributed by atoms with Gasteiger partial charge in [0.05, 0.1) is 7.11 Å². The first-order chi connectivity index (χ1) is 21.1. The van der Waals surface area contributed by atoms with Crippen LogP contribution in [0.5, 0.6) is 0 Å². The van der Waals surface area contributed by atoms with Gasteiger partial charge >= 0.3 is 6.03 Å². The number of unbranched alkanes of at least 4 members (excludes halogenated alkanes) is 3. The first-order valence-electron chi connectivity index (χ1n) is 16.2. The van der Waals surface area contributed by atoms with Crippen LogP contribution in [0.15, 0.2) is 89.9 Å². The maximum Gasteiger partial charge on any atom is 0.322 e. The van der Waals surface area contributed by atoms with Crippen molar-refractivity contribution >= 4 is 11.7 Å². The monoisotopic (exact) mass is 587 g/mol. The van der Waals surface area contributed by atoms with Gasteiger partial charge in [0.2, 0.25) is 0 Å². The molecular formula is C37H53N3O3. The van der Waals surface area contributed by atoms with Crippen LogP contribution in [0.3, 0.4) is 0 Å². The number of carbonyl (C=O) groups excluding carboxylic acids is 1. The van der Waals surface area contributed by atoms with Crippen LogP contribution in [0.2, 0.25) is 0 Å². The van der Waals surface area contributed by atoms with E-state index in [0.29, 0.717) is 31.9 Å². The molecule has 0 unspecified atom stereocenters. The van der Waals surface area contributed by atoms with Crippen molar-refractivity contribution in [3.8, 4) is 0 Å². The van der Waals surface area contributed by atoms with E-state index in [2.05, 4.69) is 67.4 Å². The van der Waals surface area contributed by atoms with Gasteiger partial charge in [0.1, 0.15) is 12.4 Å². The molecule has 2 aromatic carbocycles. The number of nitrogens with one attached hydrogen (secondary N) is 1. The number of methoxy groups -OCH3 is 1. The van der Waals surface area contributed by atoms with Gasteiger partial charge < -0.3 is 24.6 Å². The molecule has 6 heteroatoms. The quantitative estimate of drug-likeness (QED) is 0.179. The molecule has 0 saturated heterocycles. The third kappa shape index (κ3) is 12.3. The van der Waals surface area contributed by atoms with Gasteiger partial charge in [0.25, 0.3) is 0 Å². The Morgan fingerprint density at radius 2 is 1.53 bits per heavy atom. The summed E-state index contributed by atoms with van der Waals surface area (Å²) in [5.74, 6) is 1.49. The number of hydrogen-bond donors (Lipinski definition) is 1. The molecule has 234 valence electrons. The van der Waals surface area contributed by atoms with Crippen LogP contribution in [0.4, 0.5) is 10.5 Å². The number of ether oxygens (including phenoxy) is 2. The third-order valence-electron chi connectivity index (χ3n) is 7.74. The summed E-state index contributed by atoms with van der Waals surface area (Å²) in [6.07, 6.45) is 14.9. The van der Waals surface area contributed by atoms with Crippen LogP contribution in [0.1, 0.15) is 76.8 Å². The molecule has 0 radical (unpaired) electrons. The number of allylic oxidation sites excluding steroid dienone is 2. The van der Waals surface area contributed by atoms with E-state index in [0.717, 1.165) is 48.6 Å². The first kappa shape index (κ1) is 34.0. The fourth-order valence-corrected chi connectivity index (χ4v) is 5.03. The van der Waals surface area contributed by atoms with Crippen LogP contribution >= 0.6 is 0 Å². The maximum atomic E-state index is 13.8. The van der Waals surface area contributed by atoms with E-state index in [1.54, 1.807) is 7.11 Å². The van der Waals surface area contributed by atoms with Gasteiger partial charge in [-0.1, -0.05) is 94.7 Å². The fraction of sp³-hybridized carbons (Fsp3) is 0.486. The molecular weight excluding hydrogens is 534 g/mol. The lowest BCUT2D eigenvalue weighted by atomic mass is 10.1. The second kappa shape index (κ2) is 19.6. The Balaban J connectivity index is 1.78. The molecule has 2 amide bonds. The highest BCUT2D eigenvalue weighted by atomic mass is 16.5. The Morgan fingerprint density at radius 3 is 2.19 bits per heavy atom. The van der Waals surface area contributed by atoms with Gasteiger partial charge in [-0.05, 0) is 73.7 Å². The normalized spacial score (nSPS) is 13.1. The minimum absolute atomic E-state index is 0.0894. The second-order valence-corrected chi connectivity index (χ2v) is 11.3. The number of amides is 2. The molecule has 1 aliphatic carbocycles. The molecule has 0 spiro atoms. The molecule has 2 aromatic rings. The van der Waals surface area contributed by atoms with Gasteiger partial charge in [-0.2, -0.15) is 0 Å². The Hall–Kier alpha value is -3.51. The van der Waals surface area contributed by atoms with E-state index >= 15 is 0 Å². The molecule has 0 heterocycles. The smallest absolute Gasteiger partial charge is 0.322 e. The first-order valence-corrected chi connectivity index (χ1v) is 16.2. The average molecular weight is 588 g/mol.